The molecular weight excluding hydrogens is 280 g/mol. The van der Waals surface area contributed by atoms with Crippen LogP contribution in [-0.2, 0) is 17.6 Å². The Morgan fingerprint density at radius 2 is 2.00 bits per heavy atom. The Hall–Kier alpha value is -2.43. The summed E-state index contributed by atoms with van der Waals surface area (Å²) in [6.45, 7) is 0. The number of hydrogen-bond donors (Lipinski definition) is 1. The maximum absolute atomic E-state index is 12.4. The van der Waals surface area contributed by atoms with E-state index in [2.05, 4.69) is 4.98 Å². The Labute approximate surface area is 128 Å². The molecule has 1 aliphatic rings. The Morgan fingerprint density at radius 1 is 1.23 bits per heavy atom. The van der Waals surface area contributed by atoms with Crippen molar-refractivity contribution < 1.29 is 14.7 Å². The molecule has 114 valence electrons. The molecular formula is C17H18N2O3. The van der Waals surface area contributed by atoms with Crippen molar-refractivity contribution in [3.63, 3.8) is 0 Å². The Morgan fingerprint density at radius 3 is 2.68 bits per heavy atom. The molecule has 2 aromatic rings. The Balaban J connectivity index is 1.80. The molecule has 22 heavy (non-hydrogen) atoms. The van der Waals surface area contributed by atoms with Crippen LogP contribution >= 0.6 is 0 Å². The van der Waals surface area contributed by atoms with Crippen LogP contribution in [0.15, 0.2) is 36.9 Å². The number of Topliss-reactive ketones (excluding diaryl/α,β-unsaturated/α-hetero) is 1. The highest BCUT2D eigenvalue weighted by Crippen LogP contribution is 2.24. The van der Waals surface area contributed by atoms with Crippen LogP contribution in [0.4, 0.5) is 0 Å². The first kappa shape index (κ1) is 14.5. The van der Waals surface area contributed by atoms with E-state index in [-0.39, 0.29) is 12.2 Å². The van der Waals surface area contributed by atoms with E-state index in [1.807, 2.05) is 18.2 Å². The van der Waals surface area contributed by atoms with Crippen molar-refractivity contribution in [3.05, 3.63) is 53.6 Å². The quantitative estimate of drug-likeness (QED) is 0.861. The molecule has 5 nitrogen and oxygen atoms in total. The van der Waals surface area contributed by atoms with Gasteiger partial charge >= 0.3 is 5.97 Å². The predicted octanol–water partition coefficient (Wildman–Crippen LogP) is 2.66. The molecule has 0 fully saturated rings. The molecule has 5 heteroatoms. The lowest BCUT2D eigenvalue weighted by Gasteiger charge is -2.17. The fourth-order valence-corrected chi connectivity index (χ4v) is 2.97. The number of aliphatic carboxylic acids is 1. The second-order valence-corrected chi connectivity index (χ2v) is 5.68. The third-order valence-electron chi connectivity index (χ3n) is 4.22. The van der Waals surface area contributed by atoms with E-state index < -0.39 is 12.0 Å². The molecule has 0 spiro atoms. The number of imidazole rings is 1. The van der Waals surface area contributed by atoms with Crippen molar-refractivity contribution in [1.82, 2.24) is 9.55 Å². The summed E-state index contributed by atoms with van der Waals surface area (Å²) in [5, 5.41) is 9.33. The van der Waals surface area contributed by atoms with E-state index in [1.165, 1.54) is 34.6 Å². The van der Waals surface area contributed by atoms with Crippen molar-refractivity contribution in [1.29, 1.82) is 0 Å². The highest BCUT2D eigenvalue weighted by Gasteiger charge is 2.24. The fraction of sp³-hybridized carbons (Fsp3) is 0.353. The summed E-state index contributed by atoms with van der Waals surface area (Å²) < 4.78 is 1.46. The van der Waals surface area contributed by atoms with Gasteiger partial charge in [0.05, 0.1) is 6.33 Å². The van der Waals surface area contributed by atoms with Crippen LogP contribution in [0.5, 0.6) is 0 Å². The number of carbonyl (C=O) groups excluding carboxylic acids is 1. The van der Waals surface area contributed by atoms with Gasteiger partial charge in [-0.2, -0.15) is 0 Å². The second kappa shape index (κ2) is 6.13. The minimum Gasteiger partial charge on any atom is -0.480 e. The van der Waals surface area contributed by atoms with E-state index in [0.29, 0.717) is 5.56 Å². The number of fused-ring (bicyclic) bond motifs is 1. The minimum absolute atomic E-state index is 0.0650. The van der Waals surface area contributed by atoms with Crippen LogP contribution in [0.2, 0.25) is 0 Å². The monoisotopic (exact) mass is 298 g/mol. The summed E-state index contributed by atoms with van der Waals surface area (Å²) in [5.74, 6) is -1.17. The first-order valence-corrected chi connectivity index (χ1v) is 7.50. The van der Waals surface area contributed by atoms with Gasteiger partial charge in [0.15, 0.2) is 5.78 Å². The lowest BCUT2D eigenvalue weighted by Crippen LogP contribution is -2.21. The Kier molecular flexibility index (Phi) is 4.04. The summed E-state index contributed by atoms with van der Waals surface area (Å²) in [4.78, 5) is 27.7. The standard InChI is InChI=1S/C17H18N2O3/c20-16(10-15(17(21)22)19-8-7-18-11-19)14-6-5-12-3-1-2-4-13(12)9-14/h5-9,11,15H,1-4,10H2,(H,21,22). The normalized spacial score (nSPS) is 15.1. The maximum Gasteiger partial charge on any atom is 0.327 e. The average molecular weight is 298 g/mol. The number of ketones is 1. The molecule has 1 aliphatic carbocycles. The Bertz CT molecular complexity index is 692. The lowest BCUT2D eigenvalue weighted by atomic mass is 9.89. The van der Waals surface area contributed by atoms with E-state index in [9.17, 15) is 14.7 Å². The fourth-order valence-electron chi connectivity index (χ4n) is 2.97. The van der Waals surface area contributed by atoms with Gasteiger partial charge in [0, 0.05) is 24.4 Å². The second-order valence-electron chi connectivity index (χ2n) is 5.68. The summed E-state index contributed by atoms with van der Waals surface area (Å²) >= 11 is 0. The molecule has 0 saturated carbocycles. The summed E-state index contributed by atoms with van der Waals surface area (Å²) in [6.07, 6.45) is 8.86. The van der Waals surface area contributed by atoms with E-state index in [4.69, 9.17) is 0 Å². The van der Waals surface area contributed by atoms with Gasteiger partial charge in [-0.25, -0.2) is 9.78 Å². The number of carboxylic acid groups (broad SMARTS) is 1. The highest BCUT2D eigenvalue weighted by atomic mass is 16.4. The zero-order chi connectivity index (χ0) is 15.5. The van der Waals surface area contributed by atoms with Gasteiger partial charge in [0.25, 0.3) is 0 Å². The third-order valence-corrected chi connectivity index (χ3v) is 4.22. The van der Waals surface area contributed by atoms with Crippen molar-refractivity contribution in [2.45, 2.75) is 38.1 Å². The van der Waals surface area contributed by atoms with Crippen LogP contribution in [0, 0.1) is 0 Å². The van der Waals surface area contributed by atoms with Gasteiger partial charge in [0.2, 0.25) is 0 Å². The largest absolute Gasteiger partial charge is 0.480 e. The summed E-state index contributed by atoms with van der Waals surface area (Å²) in [6, 6.07) is 4.85. The molecule has 0 aliphatic heterocycles. The molecule has 1 N–H and O–H groups in total. The first-order valence-electron chi connectivity index (χ1n) is 7.50. The van der Waals surface area contributed by atoms with E-state index in [0.717, 1.165) is 19.3 Å². The first-order chi connectivity index (χ1) is 10.6. The van der Waals surface area contributed by atoms with Crippen molar-refractivity contribution in [2.75, 3.05) is 0 Å². The topological polar surface area (TPSA) is 72.2 Å². The smallest absolute Gasteiger partial charge is 0.327 e. The van der Waals surface area contributed by atoms with Crippen LogP contribution in [0.3, 0.4) is 0 Å². The molecule has 1 unspecified atom stereocenters. The van der Waals surface area contributed by atoms with Crippen LogP contribution in [0.25, 0.3) is 0 Å². The molecule has 1 aromatic carbocycles. The summed E-state index contributed by atoms with van der Waals surface area (Å²) in [5.41, 5.74) is 3.14. The number of carbonyl (C=O) groups is 2. The van der Waals surface area contributed by atoms with E-state index >= 15 is 0 Å². The van der Waals surface area contributed by atoms with Gasteiger partial charge in [-0.1, -0.05) is 12.1 Å². The zero-order valence-electron chi connectivity index (χ0n) is 12.2. The van der Waals surface area contributed by atoms with Crippen LogP contribution < -0.4 is 0 Å². The zero-order valence-corrected chi connectivity index (χ0v) is 12.2. The molecule has 3 rings (SSSR count). The maximum atomic E-state index is 12.4. The number of carboxylic acids is 1. The van der Waals surface area contributed by atoms with Crippen LogP contribution in [0.1, 0.15) is 46.8 Å². The number of benzene rings is 1. The number of hydrogen-bond acceptors (Lipinski definition) is 3. The molecule has 1 atom stereocenters. The van der Waals surface area contributed by atoms with Gasteiger partial charge in [-0.3, -0.25) is 4.79 Å². The number of nitrogens with zero attached hydrogens (tertiary/aromatic N) is 2. The third kappa shape index (κ3) is 2.93. The van der Waals surface area contributed by atoms with Gasteiger partial charge in [-0.05, 0) is 42.9 Å². The number of aryl methyl sites for hydroxylation is 2. The molecule has 0 bridgehead atoms. The molecule has 0 radical (unpaired) electrons. The SMILES string of the molecule is O=C(CC(C(=O)O)n1ccnc1)c1ccc2c(c1)CCCC2. The lowest BCUT2D eigenvalue weighted by molar-refractivity contribution is -0.140. The van der Waals surface area contributed by atoms with Crippen LogP contribution in [-0.4, -0.2) is 26.4 Å². The minimum atomic E-state index is -1.02. The van der Waals surface area contributed by atoms with Crippen molar-refractivity contribution in [2.24, 2.45) is 0 Å². The number of rotatable bonds is 5. The predicted molar refractivity (Wildman–Crippen MR) is 80.9 cm³/mol. The molecule has 0 saturated heterocycles. The average Bonchev–Trinajstić information content (AvgIpc) is 3.05. The van der Waals surface area contributed by atoms with Gasteiger partial charge < -0.3 is 9.67 Å². The summed E-state index contributed by atoms with van der Waals surface area (Å²) in [7, 11) is 0. The van der Waals surface area contributed by atoms with Crippen molar-refractivity contribution in [3.8, 4) is 0 Å². The van der Waals surface area contributed by atoms with E-state index in [1.54, 1.807) is 6.20 Å². The van der Waals surface area contributed by atoms with Gasteiger partial charge in [0.1, 0.15) is 6.04 Å². The number of aromatic nitrogens is 2. The van der Waals surface area contributed by atoms with Gasteiger partial charge in [-0.15, -0.1) is 0 Å². The van der Waals surface area contributed by atoms with Crippen molar-refractivity contribution >= 4 is 11.8 Å². The molecule has 1 heterocycles. The molecule has 1 aromatic heterocycles. The highest BCUT2D eigenvalue weighted by molar-refractivity contribution is 5.98. The molecule has 0 amide bonds.